The molecule has 0 aliphatic carbocycles. The van der Waals surface area contributed by atoms with Crippen molar-refractivity contribution in [2.45, 2.75) is 13.5 Å². The highest BCUT2D eigenvalue weighted by molar-refractivity contribution is 7.13. The van der Waals surface area contributed by atoms with Crippen molar-refractivity contribution in [1.29, 1.82) is 0 Å². The predicted molar refractivity (Wildman–Crippen MR) is 122 cm³/mol. The molecule has 1 heterocycles. The standard InChI is InChI=1S/C23H22ClNO5S/c1-4-29-20-12-15(11-18(24)22(20)28-3)9-10-21(26)30-13-16-14-31-23(25-16)17-7-5-6-8-19(17)27-2/h5-12,14H,4,13H2,1-3H3/b10-9+. The van der Waals surface area contributed by atoms with E-state index in [0.717, 1.165) is 16.3 Å². The summed E-state index contributed by atoms with van der Waals surface area (Å²) in [7, 11) is 3.14. The van der Waals surface area contributed by atoms with Crippen molar-refractivity contribution >= 4 is 35.0 Å². The summed E-state index contributed by atoms with van der Waals surface area (Å²) in [6, 6.07) is 11.1. The third kappa shape index (κ3) is 5.77. The fraction of sp³-hybridized carbons (Fsp3) is 0.217. The van der Waals surface area contributed by atoms with Crippen LogP contribution < -0.4 is 14.2 Å². The lowest BCUT2D eigenvalue weighted by molar-refractivity contribution is -0.139. The van der Waals surface area contributed by atoms with Gasteiger partial charge in [0.25, 0.3) is 0 Å². The van der Waals surface area contributed by atoms with Gasteiger partial charge in [-0.15, -0.1) is 11.3 Å². The second kappa shape index (κ2) is 10.8. The summed E-state index contributed by atoms with van der Waals surface area (Å²) in [4.78, 5) is 16.7. The molecular formula is C23H22ClNO5S. The number of hydrogen-bond acceptors (Lipinski definition) is 7. The van der Waals surface area contributed by atoms with Crippen molar-refractivity contribution in [1.82, 2.24) is 4.98 Å². The number of hydrogen-bond donors (Lipinski definition) is 0. The summed E-state index contributed by atoms with van der Waals surface area (Å²) in [5, 5.41) is 3.05. The number of rotatable bonds is 9. The van der Waals surface area contributed by atoms with E-state index < -0.39 is 5.97 Å². The number of benzene rings is 2. The fourth-order valence-corrected chi connectivity index (χ4v) is 3.95. The number of carbonyl (C=O) groups excluding carboxylic acids is 1. The molecule has 0 spiro atoms. The number of carbonyl (C=O) groups is 1. The van der Waals surface area contributed by atoms with Crippen LogP contribution in [0.4, 0.5) is 0 Å². The van der Waals surface area contributed by atoms with Crippen LogP contribution in [0.15, 0.2) is 47.9 Å². The van der Waals surface area contributed by atoms with E-state index in [1.807, 2.05) is 36.6 Å². The van der Waals surface area contributed by atoms with Gasteiger partial charge in [-0.05, 0) is 42.8 Å². The molecule has 2 aromatic carbocycles. The normalized spacial score (nSPS) is 10.8. The molecule has 0 amide bonds. The summed E-state index contributed by atoms with van der Waals surface area (Å²) < 4.78 is 21.5. The van der Waals surface area contributed by atoms with Gasteiger partial charge in [0.15, 0.2) is 11.5 Å². The first kappa shape index (κ1) is 22.7. The highest BCUT2D eigenvalue weighted by Gasteiger charge is 2.12. The maximum absolute atomic E-state index is 12.1. The lowest BCUT2D eigenvalue weighted by Crippen LogP contribution is -2.01. The molecule has 0 fully saturated rings. The van der Waals surface area contributed by atoms with Crippen LogP contribution in [0, 0.1) is 0 Å². The average Bonchev–Trinajstić information content (AvgIpc) is 3.25. The minimum Gasteiger partial charge on any atom is -0.496 e. The Hall–Kier alpha value is -3.03. The maximum atomic E-state index is 12.1. The summed E-state index contributed by atoms with van der Waals surface area (Å²) in [5.41, 5.74) is 2.26. The highest BCUT2D eigenvalue weighted by atomic mass is 35.5. The Balaban J connectivity index is 1.63. The first-order valence-corrected chi connectivity index (χ1v) is 10.7. The predicted octanol–water partition coefficient (Wildman–Crippen LogP) is 5.64. The monoisotopic (exact) mass is 459 g/mol. The van der Waals surface area contributed by atoms with Gasteiger partial charge >= 0.3 is 5.97 Å². The number of halogens is 1. The molecule has 8 heteroatoms. The molecule has 0 radical (unpaired) electrons. The Labute approximate surface area is 190 Å². The molecule has 3 aromatic rings. The summed E-state index contributed by atoms with van der Waals surface area (Å²) in [5.74, 6) is 1.22. The number of esters is 1. The largest absolute Gasteiger partial charge is 0.496 e. The Kier molecular flexibility index (Phi) is 7.92. The second-order valence-corrected chi connectivity index (χ2v) is 7.52. The van der Waals surface area contributed by atoms with E-state index in [1.165, 1.54) is 24.5 Å². The fourth-order valence-electron chi connectivity index (χ4n) is 2.82. The molecule has 0 saturated carbocycles. The molecular weight excluding hydrogens is 438 g/mol. The van der Waals surface area contributed by atoms with E-state index in [4.69, 9.17) is 30.5 Å². The van der Waals surface area contributed by atoms with Crippen molar-refractivity contribution in [3.8, 4) is 27.8 Å². The Morgan fingerprint density at radius 2 is 1.97 bits per heavy atom. The third-order valence-corrected chi connectivity index (χ3v) is 5.40. The van der Waals surface area contributed by atoms with E-state index >= 15 is 0 Å². The van der Waals surface area contributed by atoms with E-state index in [9.17, 15) is 4.79 Å². The van der Waals surface area contributed by atoms with E-state index in [-0.39, 0.29) is 6.61 Å². The van der Waals surface area contributed by atoms with Gasteiger partial charge in [-0.1, -0.05) is 23.7 Å². The summed E-state index contributed by atoms with van der Waals surface area (Å²) in [6.45, 7) is 2.40. The average molecular weight is 460 g/mol. The van der Waals surface area contributed by atoms with Crippen molar-refractivity contribution in [3.05, 3.63) is 64.1 Å². The van der Waals surface area contributed by atoms with Gasteiger partial charge in [0.2, 0.25) is 0 Å². The zero-order chi connectivity index (χ0) is 22.2. The molecule has 0 aliphatic rings. The Morgan fingerprint density at radius 1 is 1.16 bits per heavy atom. The van der Waals surface area contributed by atoms with Crippen LogP contribution in [0.25, 0.3) is 16.6 Å². The SMILES string of the molecule is CCOc1cc(/C=C/C(=O)OCc2csc(-c3ccccc3OC)n2)cc(Cl)c1OC. The summed E-state index contributed by atoms with van der Waals surface area (Å²) >= 11 is 7.69. The topological polar surface area (TPSA) is 66.9 Å². The number of methoxy groups -OCH3 is 2. The molecule has 0 bridgehead atoms. The van der Waals surface area contributed by atoms with E-state index in [1.54, 1.807) is 25.3 Å². The molecule has 162 valence electrons. The number of nitrogens with zero attached hydrogens (tertiary/aromatic N) is 1. The number of thiazole rings is 1. The Morgan fingerprint density at radius 3 is 2.71 bits per heavy atom. The first-order chi connectivity index (χ1) is 15.0. The summed E-state index contributed by atoms with van der Waals surface area (Å²) in [6.07, 6.45) is 2.94. The van der Waals surface area contributed by atoms with Crippen LogP contribution in [-0.2, 0) is 16.1 Å². The van der Waals surface area contributed by atoms with E-state index in [2.05, 4.69) is 4.98 Å². The quantitative estimate of drug-likeness (QED) is 0.305. The molecule has 0 atom stereocenters. The second-order valence-electron chi connectivity index (χ2n) is 6.25. The van der Waals surface area contributed by atoms with Crippen molar-refractivity contribution in [2.75, 3.05) is 20.8 Å². The van der Waals surface area contributed by atoms with Crippen LogP contribution in [0.5, 0.6) is 17.2 Å². The zero-order valence-corrected chi connectivity index (χ0v) is 19.0. The van der Waals surface area contributed by atoms with Gasteiger partial charge in [0.1, 0.15) is 17.4 Å². The van der Waals surface area contributed by atoms with Crippen molar-refractivity contribution in [3.63, 3.8) is 0 Å². The van der Waals surface area contributed by atoms with Crippen LogP contribution in [0.2, 0.25) is 5.02 Å². The molecule has 0 unspecified atom stereocenters. The molecule has 1 aromatic heterocycles. The molecule has 31 heavy (non-hydrogen) atoms. The van der Waals surface area contributed by atoms with E-state index in [0.29, 0.717) is 34.4 Å². The Bertz CT molecular complexity index is 1080. The van der Waals surface area contributed by atoms with Crippen LogP contribution >= 0.6 is 22.9 Å². The van der Waals surface area contributed by atoms with Crippen molar-refractivity contribution < 1.29 is 23.7 Å². The lowest BCUT2D eigenvalue weighted by atomic mass is 10.2. The van der Waals surface area contributed by atoms with Gasteiger partial charge in [0, 0.05) is 11.5 Å². The first-order valence-electron chi connectivity index (χ1n) is 9.48. The van der Waals surface area contributed by atoms with Gasteiger partial charge in [-0.3, -0.25) is 0 Å². The van der Waals surface area contributed by atoms with Crippen LogP contribution in [-0.4, -0.2) is 31.8 Å². The lowest BCUT2D eigenvalue weighted by Gasteiger charge is -2.11. The number of para-hydroxylation sites is 1. The molecule has 0 N–H and O–H groups in total. The van der Waals surface area contributed by atoms with Crippen LogP contribution in [0.1, 0.15) is 18.2 Å². The molecule has 6 nitrogen and oxygen atoms in total. The van der Waals surface area contributed by atoms with Gasteiger partial charge in [-0.2, -0.15) is 0 Å². The smallest absolute Gasteiger partial charge is 0.331 e. The third-order valence-electron chi connectivity index (χ3n) is 4.20. The minimum absolute atomic E-state index is 0.0718. The minimum atomic E-state index is -0.489. The number of aromatic nitrogens is 1. The van der Waals surface area contributed by atoms with Crippen LogP contribution in [0.3, 0.4) is 0 Å². The highest BCUT2D eigenvalue weighted by Crippen LogP contribution is 2.36. The molecule has 3 rings (SSSR count). The molecule has 0 aliphatic heterocycles. The molecule has 0 saturated heterocycles. The van der Waals surface area contributed by atoms with Gasteiger partial charge < -0.3 is 18.9 Å². The maximum Gasteiger partial charge on any atom is 0.331 e. The zero-order valence-electron chi connectivity index (χ0n) is 17.4. The van der Waals surface area contributed by atoms with Gasteiger partial charge in [-0.25, -0.2) is 9.78 Å². The van der Waals surface area contributed by atoms with Gasteiger partial charge in [0.05, 0.1) is 37.1 Å². The number of ether oxygens (including phenoxy) is 4. The van der Waals surface area contributed by atoms with Crippen molar-refractivity contribution in [2.24, 2.45) is 0 Å².